The molecule has 0 aliphatic carbocycles. The molecule has 1 aromatic rings. The van der Waals surface area contributed by atoms with E-state index >= 15 is 0 Å². The minimum Gasteiger partial charge on any atom is -0.497 e. The number of carbonyl (C=O) groups is 1. The fourth-order valence-corrected chi connectivity index (χ4v) is 2.45. The van der Waals surface area contributed by atoms with Gasteiger partial charge in [0.15, 0.2) is 5.78 Å². The zero-order chi connectivity index (χ0) is 13.0. The van der Waals surface area contributed by atoms with E-state index in [-0.39, 0.29) is 11.8 Å². The number of rotatable bonds is 4. The normalized spacial score (nSPS) is 18.3. The average molecular weight is 248 g/mol. The number of nitrogens with zero attached hydrogens (tertiary/aromatic N) is 1. The molecule has 1 aliphatic rings. The summed E-state index contributed by atoms with van der Waals surface area (Å²) in [6, 6.07) is 7.64. The van der Waals surface area contributed by atoms with E-state index in [0.717, 1.165) is 37.5 Å². The summed E-state index contributed by atoms with van der Waals surface area (Å²) in [4.78, 5) is 14.2. The van der Waals surface area contributed by atoms with Crippen LogP contribution in [-0.4, -0.2) is 44.0 Å². The highest BCUT2D eigenvalue weighted by atomic mass is 16.5. The van der Waals surface area contributed by atoms with Crippen LogP contribution < -0.4 is 10.1 Å². The molecule has 1 aromatic carbocycles. The lowest BCUT2D eigenvalue weighted by Gasteiger charge is -2.33. The van der Waals surface area contributed by atoms with Crippen LogP contribution in [0.25, 0.3) is 0 Å². The number of piperazine rings is 1. The summed E-state index contributed by atoms with van der Waals surface area (Å²) in [7, 11) is 1.65. The largest absolute Gasteiger partial charge is 0.497 e. The average Bonchev–Trinajstić information content (AvgIpc) is 2.40. The molecular formula is C14H20N2O2. The molecule has 1 atom stereocenters. The maximum absolute atomic E-state index is 11.9. The zero-order valence-electron chi connectivity index (χ0n) is 11.0. The minimum absolute atomic E-state index is 0.151. The van der Waals surface area contributed by atoms with Crippen LogP contribution in [0.3, 0.4) is 0 Å². The summed E-state index contributed by atoms with van der Waals surface area (Å²) in [5.74, 6) is 0.985. The van der Waals surface area contributed by atoms with E-state index in [0.29, 0.717) is 0 Å². The van der Waals surface area contributed by atoms with E-state index in [1.807, 2.05) is 24.3 Å². The van der Waals surface area contributed by atoms with Crippen LogP contribution in [0.15, 0.2) is 24.3 Å². The Morgan fingerprint density at radius 3 is 2.72 bits per heavy atom. The lowest BCUT2D eigenvalue weighted by Crippen LogP contribution is -2.46. The fraction of sp³-hybridized carbons (Fsp3) is 0.500. The molecule has 0 aromatic heterocycles. The van der Waals surface area contributed by atoms with Gasteiger partial charge >= 0.3 is 0 Å². The first kappa shape index (κ1) is 13.1. The van der Waals surface area contributed by atoms with Crippen molar-refractivity contribution in [3.8, 4) is 5.75 Å². The Labute approximate surface area is 108 Å². The van der Waals surface area contributed by atoms with Crippen LogP contribution in [0.2, 0.25) is 0 Å². The number of nitrogens with one attached hydrogen (secondary N) is 1. The molecule has 1 N–H and O–H groups in total. The highest BCUT2D eigenvalue weighted by Gasteiger charge is 2.26. The fourth-order valence-electron chi connectivity index (χ4n) is 2.45. The number of methoxy groups -OCH3 is 1. The first-order valence-corrected chi connectivity index (χ1v) is 6.31. The third kappa shape index (κ3) is 2.89. The van der Waals surface area contributed by atoms with Gasteiger partial charge in [0.25, 0.3) is 0 Å². The summed E-state index contributed by atoms with van der Waals surface area (Å²) >= 11 is 0. The Balaban J connectivity index is 2.25. The van der Waals surface area contributed by atoms with Crippen molar-refractivity contribution in [3.05, 3.63) is 29.8 Å². The molecule has 1 unspecified atom stereocenters. The summed E-state index contributed by atoms with van der Waals surface area (Å²) in [5, 5.41) is 3.30. The van der Waals surface area contributed by atoms with E-state index in [1.54, 1.807) is 14.0 Å². The van der Waals surface area contributed by atoms with Crippen molar-refractivity contribution in [3.63, 3.8) is 0 Å². The number of Topliss-reactive ketones (excluding diaryl/α,β-unsaturated/α-hetero) is 1. The molecule has 98 valence electrons. The standard InChI is InChI=1S/C14H20N2O2/c1-11(17)14(16-8-6-15-7-9-16)12-4-3-5-13(10-12)18-2/h3-5,10,14-15H,6-9H2,1-2H3. The number of benzene rings is 1. The molecule has 0 radical (unpaired) electrons. The van der Waals surface area contributed by atoms with Gasteiger partial charge in [-0.2, -0.15) is 0 Å². The summed E-state index contributed by atoms with van der Waals surface area (Å²) in [6.45, 7) is 5.34. The zero-order valence-corrected chi connectivity index (χ0v) is 11.0. The molecule has 0 spiro atoms. The van der Waals surface area contributed by atoms with Gasteiger partial charge in [0.2, 0.25) is 0 Å². The summed E-state index contributed by atoms with van der Waals surface area (Å²) in [6.07, 6.45) is 0. The number of ether oxygens (including phenoxy) is 1. The molecule has 0 bridgehead atoms. The highest BCUT2D eigenvalue weighted by Crippen LogP contribution is 2.25. The molecular weight excluding hydrogens is 228 g/mol. The molecule has 1 saturated heterocycles. The van der Waals surface area contributed by atoms with Gasteiger partial charge < -0.3 is 10.1 Å². The Hall–Kier alpha value is -1.39. The van der Waals surface area contributed by atoms with Gasteiger partial charge in [-0.3, -0.25) is 9.69 Å². The van der Waals surface area contributed by atoms with Crippen molar-refractivity contribution in [2.75, 3.05) is 33.3 Å². The smallest absolute Gasteiger partial charge is 0.151 e. The van der Waals surface area contributed by atoms with Crippen LogP contribution in [0.4, 0.5) is 0 Å². The first-order valence-electron chi connectivity index (χ1n) is 6.31. The first-order chi connectivity index (χ1) is 8.72. The third-order valence-corrected chi connectivity index (χ3v) is 3.31. The molecule has 0 saturated carbocycles. The second kappa shape index (κ2) is 5.98. The predicted octanol–water partition coefficient (Wildman–Crippen LogP) is 1.23. The molecule has 0 amide bonds. The minimum atomic E-state index is -0.151. The molecule has 2 rings (SSSR count). The van der Waals surface area contributed by atoms with Crippen LogP contribution in [0.1, 0.15) is 18.5 Å². The van der Waals surface area contributed by atoms with Gasteiger partial charge in [0, 0.05) is 26.2 Å². The van der Waals surface area contributed by atoms with Gasteiger partial charge in [-0.25, -0.2) is 0 Å². The van der Waals surface area contributed by atoms with E-state index in [4.69, 9.17) is 4.74 Å². The maximum Gasteiger partial charge on any atom is 0.151 e. The lowest BCUT2D eigenvalue weighted by atomic mass is 10.0. The number of hydrogen-bond donors (Lipinski definition) is 1. The topological polar surface area (TPSA) is 41.6 Å². The second-order valence-electron chi connectivity index (χ2n) is 4.58. The third-order valence-electron chi connectivity index (χ3n) is 3.31. The van der Waals surface area contributed by atoms with E-state index in [2.05, 4.69) is 10.2 Å². The Bertz CT molecular complexity index is 414. The number of ketones is 1. The summed E-state index contributed by atoms with van der Waals surface area (Å²) in [5.41, 5.74) is 1.02. The Kier molecular flexibility index (Phi) is 4.33. The Morgan fingerprint density at radius 1 is 1.39 bits per heavy atom. The lowest BCUT2D eigenvalue weighted by molar-refractivity contribution is -0.122. The monoisotopic (exact) mass is 248 g/mol. The molecule has 1 heterocycles. The van der Waals surface area contributed by atoms with Crippen molar-refractivity contribution in [2.24, 2.45) is 0 Å². The van der Waals surface area contributed by atoms with Gasteiger partial charge in [-0.05, 0) is 24.6 Å². The van der Waals surface area contributed by atoms with Crippen LogP contribution in [-0.2, 0) is 4.79 Å². The second-order valence-corrected chi connectivity index (χ2v) is 4.58. The van der Waals surface area contributed by atoms with E-state index < -0.39 is 0 Å². The van der Waals surface area contributed by atoms with Crippen LogP contribution >= 0.6 is 0 Å². The maximum atomic E-state index is 11.9. The van der Waals surface area contributed by atoms with Crippen molar-refractivity contribution in [1.82, 2.24) is 10.2 Å². The van der Waals surface area contributed by atoms with Gasteiger partial charge in [-0.1, -0.05) is 12.1 Å². The number of carbonyl (C=O) groups excluding carboxylic acids is 1. The van der Waals surface area contributed by atoms with Crippen LogP contribution in [0, 0.1) is 0 Å². The molecule has 1 aliphatic heterocycles. The quantitative estimate of drug-likeness (QED) is 0.870. The molecule has 4 heteroatoms. The van der Waals surface area contributed by atoms with Crippen LogP contribution in [0.5, 0.6) is 5.75 Å². The molecule has 18 heavy (non-hydrogen) atoms. The van der Waals surface area contributed by atoms with Gasteiger partial charge in [0.1, 0.15) is 5.75 Å². The highest BCUT2D eigenvalue weighted by molar-refractivity contribution is 5.83. The SMILES string of the molecule is COc1cccc(C(C(C)=O)N2CCNCC2)c1. The van der Waals surface area contributed by atoms with E-state index in [9.17, 15) is 4.79 Å². The van der Waals surface area contributed by atoms with Crippen molar-refractivity contribution in [1.29, 1.82) is 0 Å². The van der Waals surface area contributed by atoms with Gasteiger partial charge in [-0.15, -0.1) is 0 Å². The van der Waals surface area contributed by atoms with Crippen molar-refractivity contribution >= 4 is 5.78 Å². The number of hydrogen-bond acceptors (Lipinski definition) is 4. The molecule has 1 fully saturated rings. The molecule has 4 nitrogen and oxygen atoms in total. The van der Waals surface area contributed by atoms with Crippen molar-refractivity contribution < 1.29 is 9.53 Å². The Morgan fingerprint density at radius 2 is 2.11 bits per heavy atom. The predicted molar refractivity (Wildman–Crippen MR) is 70.9 cm³/mol. The van der Waals surface area contributed by atoms with Crippen molar-refractivity contribution in [2.45, 2.75) is 13.0 Å². The van der Waals surface area contributed by atoms with Gasteiger partial charge in [0.05, 0.1) is 13.2 Å². The van der Waals surface area contributed by atoms with E-state index in [1.165, 1.54) is 0 Å². The summed E-state index contributed by atoms with van der Waals surface area (Å²) < 4.78 is 5.23.